The van der Waals surface area contributed by atoms with Gasteiger partial charge in [-0.1, -0.05) is 30.4 Å². The molecule has 1 unspecified atom stereocenters. The highest BCUT2D eigenvalue weighted by atomic mass is 19.4. The summed E-state index contributed by atoms with van der Waals surface area (Å²) in [6, 6.07) is 10.5. The van der Waals surface area contributed by atoms with Crippen LogP contribution in [-0.4, -0.2) is 15.8 Å². The van der Waals surface area contributed by atoms with E-state index in [9.17, 15) is 18.0 Å². The smallest absolute Gasteiger partial charge is 0.294 e. The van der Waals surface area contributed by atoms with Crippen molar-refractivity contribution in [1.29, 1.82) is 0 Å². The quantitative estimate of drug-likeness (QED) is 0.429. The summed E-state index contributed by atoms with van der Waals surface area (Å²) < 4.78 is 40.3. The first-order valence-corrected chi connectivity index (χ1v) is 9.47. The lowest BCUT2D eigenvalue weighted by Gasteiger charge is -2.23. The van der Waals surface area contributed by atoms with E-state index in [0.29, 0.717) is 11.4 Å². The molecule has 1 aliphatic carbocycles. The maximum atomic E-state index is 12.8. The highest BCUT2D eigenvalue weighted by Gasteiger charge is 2.30. The van der Waals surface area contributed by atoms with Gasteiger partial charge in [0.25, 0.3) is 0 Å². The van der Waals surface area contributed by atoms with Crippen LogP contribution in [0.2, 0.25) is 0 Å². The van der Waals surface area contributed by atoms with Crippen LogP contribution in [0.25, 0.3) is 5.65 Å². The molecule has 3 aromatic rings. The third kappa shape index (κ3) is 3.90. The molecule has 2 aromatic heterocycles. The molecule has 1 aliphatic rings. The summed E-state index contributed by atoms with van der Waals surface area (Å²) in [6.07, 6.45) is 5.21. The molecule has 0 radical (unpaired) electrons. The predicted molar refractivity (Wildman–Crippen MR) is 105 cm³/mol. The molecule has 1 amide bonds. The number of carbonyl (C=O) groups is 1. The lowest BCUT2D eigenvalue weighted by atomic mass is 9.91. The number of hydrogen-bond acceptors (Lipinski definition) is 2. The Hall–Kier alpha value is -3.09. The third-order valence-corrected chi connectivity index (χ3v) is 5.22. The average Bonchev–Trinajstić information content (AvgIpc) is 3.12. The SMILES string of the molecule is O=CN(Cc1ccc(C(F)(F)F)cc1)c1c(C2CC=CCC2)nc2ccccn12. The lowest BCUT2D eigenvalue weighted by Crippen LogP contribution is -2.24. The molecule has 29 heavy (non-hydrogen) atoms. The number of imidazole rings is 1. The van der Waals surface area contributed by atoms with Crippen molar-refractivity contribution in [2.75, 3.05) is 4.90 Å². The Balaban J connectivity index is 1.71. The van der Waals surface area contributed by atoms with Crippen LogP contribution in [0.15, 0.2) is 60.8 Å². The largest absolute Gasteiger partial charge is 0.416 e. The molecule has 1 aromatic carbocycles. The van der Waals surface area contributed by atoms with Crippen molar-refractivity contribution in [2.45, 2.75) is 37.9 Å². The molecule has 4 nitrogen and oxygen atoms in total. The van der Waals surface area contributed by atoms with Crippen LogP contribution in [0.5, 0.6) is 0 Å². The molecule has 0 bridgehead atoms. The number of allylic oxidation sites excluding steroid dienone is 2. The van der Waals surface area contributed by atoms with Gasteiger partial charge in [0.2, 0.25) is 6.41 Å². The van der Waals surface area contributed by atoms with Crippen LogP contribution >= 0.6 is 0 Å². The normalized spacial score (nSPS) is 16.9. The van der Waals surface area contributed by atoms with Crippen molar-refractivity contribution in [1.82, 2.24) is 9.38 Å². The Labute approximate surface area is 166 Å². The molecule has 1 atom stereocenters. The Morgan fingerprint density at radius 2 is 1.93 bits per heavy atom. The molecule has 0 fully saturated rings. The van der Waals surface area contributed by atoms with Crippen molar-refractivity contribution >= 4 is 17.9 Å². The van der Waals surface area contributed by atoms with E-state index in [-0.39, 0.29) is 12.5 Å². The highest BCUT2D eigenvalue weighted by molar-refractivity contribution is 5.77. The molecule has 150 valence electrons. The number of carbonyl (C=O) groups excluding carboxylic acids is 1. The van der Waals surface area contributed by atoms with E-state index in [1.165, 1.54) is 17.0 Å². The fraction of sp³-hybridized carbons (Fsp3) is 0.273. The summed E-state index contributed by atoms with van der Waals surface area (Å²) in [7, 11) is 0. The highest BCUT2D eigenvalue weighted by Crippen LogP contribution is 2.36. The second-order valence-electron chi connectivity index (χ2n) is 7.16. The van der Waals surface area contributed by atoms with Crippen molar-refractivity contribution < 1.29 is 18.0 Å². The van der Waals surface area contributed by atoms with E-state index in [2.05, 4.69) is 12.2 Å². The van der Waals surface area contributed by atoms with E-state index in [4.69, 9.17) is 4.98 Å². The van der Waals surface area contributed by atoms with Gasteiger partial charge in [-0.2, -0.15) is 13.2 Å². The number of anilines is 1. The molecule has 2 heterocycles. The molecular formula is C22H20F3N3O. The van der Waals surface area contributed by atoms with Crippen LogP contribution in [0.4, 0.5) is 19.0 Å². The zero-order valence-corrected chi connectivity index (χ0v) is 15.6. The average molecular weight is 399 g/mol. The molecule has 0 spiro atoms. The monoisotopic (exact) mass is 399 g/mol. The number of aromatic nitrogens is 2. The molecular weight excluding hydrogens is 379 g/mol. The van der Waals surface area contributed by atoms with Gasteiger partial charge in [-0.3, -0.25) is 14.1 Å². The number of pyridine rings is 1. The van der Waals surface area contributed by atoms with Gasteiger partial charge in [-0.25, -0.2) is 4.98 Å². The van der Waals surface area contributed by atoms with E-state index >= 15 is 0 Å². The molecule has 0 saturated carbocycles. The standard InChI is InChI=1S/C22H20F3N3O/c23-22(24,25)18-11-9-16(10-12-18)14-27(15-29)21-20(17-6-2-1-3-7-17)26-19-8-4-5-13-28(19)21/h1-2,4-5,8-13,15,17H,3,6-7,14H2. The zero-order valence-electron chi connectivity index (χ0n) is 15.6. The maximum Gasteiger partial charge on any atom is 0.416 e. The second-order valence-corrected chi connectivity index (χ2v) is 7.16. The van der Waals surface area contributed by atoms with Gasteiger partial charge in [0.05, 0.1) is 17.8 Å². The number of amides is 1. The first kappa shape index (κ1) is 19.2. The summed E-state index contributed by atoms with van der Waals surface area (Å²) in [4.78, 5) is 18.3. The van der Waals surface area contributed by atoms with Crippen molar-refractivity contribution in [3.8, 4) is 0 Å². The van der Waals surface area contributed by atoms with E-state index in [1.807, 2.05) is 28.8 Å². The summed E-state index contributed by atoms with van der Waals surface area (Å²) in [5, 5.41) is 0. The molecule has 0 saturated heterocycles. The number of halogens is 3. The van der Waals surface area contributed by atoms with Gasteiger partial charge >= 0.3 is 6.18 Å². The Morgan fingerprint density at radius 1 is 1.14 bits per heavy atom. The lowest BCUT2D eigenvalue weighted by molar-refractivity contribution is -0.137. The van der Waals surface area contributed by atoms with E-state index in [0.717, 1.165) is 49.1 Å². The number of rotatable bonds is 5. The first-order valence-electron chi connectivity index (χ1n) is 9.47. The van der Waals surface area contributed by atoms with Gasteiger partial charge in [-0.15, -0.1) is 0 Å². The Kier molecular flexibility index (Phi) is 5.13. The third-order valence-electron chi connectivity index (χ3n) is 5.22. The Bertz CT molecular complexity index is 1040. The minimum absolute atomic E-state index is 0.167. The summed E-state index contributed by atoms with van der Waals surface area (Å²) in [5.41, 5.74) is 1.50. The van der Waals surface area contributed by atoms with Crippen LogP contribution in [0, 0.1) is 0 Å². The number of benzene rings is 1. The molecule has 7 heteroatoms. The Morgan fingerprint density at radius 3 is 2.59 bits per heavy atom. The zero-order chi connectivity index (χ0) is 20.4. The van der Waals surface area contributed by atoms with E-state index in [1.54, 1.807) is 0 Å². The fourth-order valence-corrected chi connectivity index (χ4v) is 3.76. The topological polar surface area (TPSA) is 37.6 Å². The maximum absolute atomic E-state index is 12.8. The minimum atomic E-state index is -4.38. The minimum Gasteiger partial charge on any atom is -0.294 e. The number of fused-ring (bicyclic) bond motifs is 1. The predicted octanol–water partition coefficient (Wildman–Crippen LogP) is 5.34. The number of hydrogen-bond donors (Lipinski definition) is 0. The van der Waals surface area contributed by atoms with Crippen LogP contribution in [-0.2, 0) is 17.5 Å². The summed E-state index contributed by atoms with van der Waals surface area (Å²) in [5.74, 6) is 0.876. The summed E-state index contributed by atoms with van der Waals surface area (Å²) in [6.45, 7) is 0.167. The van der Waals surface area contributed by atoms with Gasteiger partial charge in [0.1, 0.15) is 11.5 Å². The van der Waals surface area contributed by atoms with E-state index < -0.39 is 11.7 Å². The van der Waals surface area contributed by atoms with Gasteiger partial charge in [0, 0.05) is 12.1 Å². The van der Waals surface area contributed by atoms with Gasteiger partial charge in [0.15, 0.2) is 0 Å². The van der Waals surface area contributed by atoms with Crippen LogP contribution in [0.3, 0.4) is 0 Å². The number of nitrogens with zero attached hydrogens (tertiary/aromatic N) is 3. The second kappa shape index (κ2) is 7.73. The molecule has 0 aliphatic heterocycles. The van der Waals surface area contributed by atoms with Crippen LogP contribution in [0.1, 0.15) is 42.0 Å². The first-order chi connectivity index (χ1) is 14.0. The van der Waals surface area contributed by atoms with Crippen molar-refractivity contribution in [3.05, 3.63) is 77.6 Å². The van der Waals surface area contributed by atoms with Gasteiger partial charge in [-0.05, 0) is 49.1 Å². The van der Waals surface area contributed by atoms with Crippen molar-refractivity contribution in [3.63, 3.8) is 0 Å². The molecule has 4 rings (SSSR count). The van der Waals surface area contributed by atoms with Gasteiger partial charge < -0.3 is 0 Å². The number of alkyl halides is 3. The van der Waals surface area contributed by atoms with Crippen LogP contribution < -0.4 is 4.90 Å². The van der Waals surface area contributed by atoms with Crippen molar-refractivity contribution in [2.24, 2.45) is 0 Å². The fourth-order valence-electron chi connectivity index (χ4n) is 3.76. The molecule has 0 N–H and O–H groups in total. The summed E-state index contributed by atoms with van der Waals surface area (Å²) >= 11 is 0.